The Labute approximate surface area is 227 Å². The number of sulfone groups is 1. The Kier molecular flexibility index (Phi) is 7.43. The lowest BCUT2D eigenvalue weighted by Crippen LogP contribution is -2.26. The van der Waals surface area contributed by atoms with E-state index in [0.29, 0.717) is 48.8 Å². The number of aromatic hydroxyl groups is 1. The molecule has 3 heterocycles. The summed E-state index contributed by atoms with van der Waals surface area (Å²) in [5, 5.41) is 11.6. The lowest BCUT2D eigenvalue weighted by atomic mass is 10.1. The van der Waals surface area contributed by atoms with Gasteiger partial charge in [0.15, 0.2) is 10.6 Å². The van der Waals surface area contributed by atoms with Crippen LogP contribution >= 0.6 is 0 Å². The molecule has 5 rings (SSSR count). The number of aromatic amines is 1. The van der Waals surface area contributed by atoms with Gasteiger partial charge in [-0.15, -0.1) is 0 Å². The molecule has 4 aromatic rings. The molecule has 0 bridgehead atoms. The van der Waals surface area contributed by atoms with Gasteiger partial charge in [-0.1, -0.05) is 43.7 Å². The van der Waals surface area contributed by atoms with Crippen molar-refractivity contribution in [2.24, 2.45) is 0 Å². The number of ether oxygens (including phenoxy) is 1. The fraction of sp³-hybridized carbons (Fsp3) is 0.267. The van der Waals surface area contributed by atoms with Gasteiger partial charge in [-0.2, -0.15) is 0 Å². The van der Waals surface area contributed by atoms with Gasteiger partial charge in [-0.25, -0.2) is 8.42 Å². The van der Waals surface area contributed by atoms with Crippen LogP contribution in [-0.4, -0.2) is 36.6 Å². The van der Waals surface area contributed by atoms with E-state index in [1.807, 2.05) is 55.1 Å². The largest absolute Gasteiger partial charge is 0.504 e. The summed E-state index contributed by atoms with van der Waals surface area (Å²) in [6, 6.07) is 17.4. The van der Waals surface area contributed by atoms with Gasteiger partial charge in [-0.3, -0.25) is 9.78 Å². The maximum atomic E-state index is 13.8. The van der Waals surface area contributed by atoms with E-state index in [4.69, 9.17) is 4.74 Å². The molecule has 0 spiro atoms. The molecule has 8 nitrogen and oxygen atoms in total. The number of fused-ring (bicyclic) bond motifs is 1. The monoisotopic (exact) mass is 545 g/mol. The van der Waals surface area contributed by atoms with Gasteiger partial charge in [-0.05, 0) is 62.1 Å². The van der Waals surface area contributed by atoms with Crippen molar-refractivity contribution in [1.82, 2.24) is 9.97 Å². The number of unbranched alkanes of at least 4 members (excludes halogenated alkanes) is 1. The SMILES string of the molecule is CCCCc1[nH]c(=O)c(S(=O)(=O)c2ccc(-c3cccnc3C)cc2)c(O)c1N1CCCOc2ccccc21. The first-order chi connectivity index (χ1) is 18.8. The molecule has 39 heavy (non-hydrogen) atoms. The lowest BCUT2D eigenvalue weighted by molar-refractivity contribution is 0.322. The van der Waals surface area contributed by atoms with Crippen LogP contribution in [0.25, 0.3) is 11.1 Å². The van der Waals surface area contributed by atoms with E-state index in [1.54, 1.807) is 18.3 Å². The van der Waals surface area contributed by atoms with E-state index in [-0.39, 0.29) is 4.90 Å². The van der Waals surface area contributed by atoms with E-state index < -0.39 is 26.0 Å². The van der Waals surface area contributed by atoms with E-state index in [2.05, 4.69) is 9.97 Å². The first kappa shape index (κ1) is 26.5. The number of aryl methyl sites for hydroxylation is 2. The summed E-state index contributed by atoms with van der Waals surface area (Å²) < 4.78 is 33.5. The normalized spacial score (nSPS) is 13.4. The van der Waals surface area contributed by atoms with E-state index in [0.717, 1.165) is 29.7 Å². The van der Waals surface area contributed by atoms with Crippen molar-refractivity contribution in [1.29, 1.82) is 0 Å². The van der Waals surface area contributed by atoms with E-state index >= 15 is 0 Å². The van der Waals surface area contributed by atoms with Gasteiger partial charge in [0.1, 0.15) is 11.4 Å². The smallest absolute Gasteiger partial charge is 0.271 e. The van der Waals surface area contributed by atoms with Crippen molar-refractivity contribution >= 4 is 21.2 Å². The molecule has 0 saturated carbocycles. The minimum Gasteiger partial charge on any atom is -0.504 e. The zero-order chi connectivity index (χ0) is 27.6. The van der Waals surface area contributed by atoms with Crippen LogP contribution in [0, 0.1) is 6.92 Å². The molecule has 0 saturated heterocycles. The van der Waals surface area contributed by atoms with Crippen molar-refractivity contribution in [3.63, 3.8) is 0 Å². The molecule has 202 valence electrons. The summed E-state index contributed by atoms with van der Waals surface area (Å²) >= 11 is 0. The zero-order valence-corrected chi connectivity index (χ0v) is 22.8. The molecular weight excluding hydrogens is 514 g/mol. The number of nitrogens with one attached hydrogen (secondary N) is 1. The molecular formula is C30H31N3O5S. The maximum Gasteiger partial charge on any atom is 0.271 e. The summed E-state index contributed by atoms with van der Waals surface area (Å²) in [5.74, 6) is 0.0847. The summed E-state index contributed by atoms with van der Waals surface area (Å²) in [5.41, 5.74) is 3.15. The number of anilines is 2. The highest BCUT2D eigenvalue weighted by Gasteiger charge is 2.32. The number of benzene rings is 2. The number of rotatable bonds is 7. The standard InChI is InChI=1S/C30H31N3O5S/c1-3-4-10-24-27(33-18-8-19-38-26-12-6-5-11-25(26)33)28(34)29(30(35)32-24)39(36,37)22-15-13-21(14-16-22)23-9-7-17-31-20(23)2/h5-7,9,11-17H,3-4,8,10,18-19H2,1-2H3,(H2,32,34,35). The van der Waals surface area contributed by atoms with Crippen LogP contribution in [0.4, 0.5) is 11.4 Å². The third-order valence-corrected chi connectivity index (χ3v) is 8.75. The molecule has 9 heteroatoms. The molecule has 2 aromatic carbocycles. The molecule has 2 aromatic heterocycles. The molecule has 0 radical (unpaired) electrons. The average Bonchev–Trinajstić information content (AvgIpc) is 3.14. The van der Waals surface area contributed by atoms with Crippen LogP contribution < -0.4 is 15.2 Å². The third kappa shape index (κ3) is 5.02. The number of H-pyrrole nitrogens is 1. The molecule has 0 fully saturated rings. The number of hydrogen-bond acceptors (Lipinski definition) is 7. The highest BCUT2D eigenvalue weighted by molar-refractivity contribution is 7.91. The predicted octanol–water partition coefficient (Wildman–Crippen LogP) is 5.55. The van der Waals surface area contributed by atoms with Crippen LogP contribution in [0.15, 0.2) is 81.4 Å². The molecule has 1 aliphatic rings. The Balaban J connectivity index is 1.65. The van der Waals surface area contributed by atoms with Gasteiger partial charge < -0.3 is 19.7 Å². The number of hydrogen-bond donors (Lipinski definition) is 2. The van der Waals surface area contributed by atoms with Gasteiger partial charge in [0.25, 0.3) is 5.56 Å². The van der Waals surface area contributed by atoms with Gasteiger partial charge in [0.05, 0.1) is 17.2 Å². The predicted molar refractivity (Wildman–Crippen MR) is 151 cm³/mol. The molecule has 0 unspecified atom stereocenters. The second kappa shape index (κ2) is 10.9. The Bertz CT molecular complexity index is 1660. The lowest BCUT2D eigenvalue weighted by Gasteiger charge is -2.27. The molecule has 2 N–H and O–H groups in total. The van der Waals surface area contributed by atoms with Gasteiger partial charge in [0.2, 0.25) is 9.84 Å². The van der Waals surface area contributed by atoms with Crippen LogP contribution in [0.3, 0.4) is 0 Å². The average molecular weight is 546 g/mol. The Morgan fingerprint density at radius 1 is 1.08 bits per heavy atom. The molecule has 0 amide bonds. The highest BCUT2D eigenvalue weighted by Crippen LogP contribution is 2.44. The number of aromatic nitrogens is 2. The molecule has 1 aliphatic heterocycles. The second-order valence-corrected chi connectivity index (χ2v) is 11.4. The number of pyridine rings is 2. The number of para-hydroxylation sites is 2. The van der Waals surface area contributed by atoms with Crippen molar-refractivity contribution in [3.8, 4) is 22.6 Å². The fourth-order valence-electron chi connectivity index (χ4n) is 4.97. The first-order valence-corrected chi connectivity index (χ1v) is 14.6. The summed E-state index contributed by atoms with van der Waals surface area (Å²) in [4.78, 5) is 21.5. The minimum absolute atomic E-state index is 0.0829. The summed E-state index contributed by atoms with van der Waals surface area (Å²) in [7, 11) is -4.36. The summed E-state index contributed by atoms with van der Waals surface area (Å²) in [6.07, 6.45) is 4.45. The summed E-state index contributed by atoms with van der Waals surface area (Å²) in [6.45, 7) is 4.87. The Morgan fingerprint density at radius 2 is 1.85 bits per heavy atom. The van der Waals surface area contributed by atoms with Crippen LogP contribution in [0.1, 0.15) is 37.6 Å². The highest BCUT2D eigenvalue weighted by atomic mass is 32.2. The topological polar surface area (TPSA) is 113 Å². The van der Waals surface area contributed by atoms with Crippen molar-refractivity contribution < 1.29 is 18.3 Å². The maximum absolute atomic E-state index is 13.8. The van der Waals surface area contributed by atoms with Gasteiger partial charge >= 0.3 is 0 Å². The van der Waals surface area contributed by atoms with Crippen LogP contribution in [0.2, 0.25) is 0 Å². The Morgan fingerprint density at radius 3 is 2.59 bits per heavy atom. The molecule has 0 aliphatic carbocycles. The van der Waals surface area contributed by atoms with Crippen molar-refractivity contribution in [3.05, 3.63) is 88.6 Å². The van der Waals surface area contributed by atoms with Crippen molar-refractivity contribution in [2.45, 2.75) is 49.3 Å². The van der Waals surface area contributed by atoms with Crippen LogP contribution in [-0.2, 0) is 16.3 Å². The first-order valence-electron chi connectivity index (χ1n) is 13.1. The van der Waals surface area contributed by atoms with Gasteiger partial charge in [0, 0.05) is 29.7 Å². The van der Waals surface area contributed by atoms with E-state index in [9.17, 15) is 18.3 Å². The number of nitrogens with zero attached hydrogens (tertiary/aromatic N) is 2. The minimum atomic E-state index is -4.36. The fourth-order valence-corrected chi connectivity index (χ4v) is 6.34. The quantitative estimate of drug-likeness (QED) is 0.313. The molecule has 0 atom stereocenters. The second-order valence-electron chi connectivity index (χ2n) is 9.55. The van der Waals surface area contributed by atoms with Crippen molar-refractivity contribution in [2.75, 3.05) is 18.1 Å². The zero-order valence-electron chi connectivity index (χ0n) is 22.0. The van der Waals surface area contributed by atoms with Crippen LogP contribution in [0.5, 0.6) is 11.5 Å². The van der Waals surface area contributed by atoms with E-state index in [1.165, 1.54) is 12.1 Å². The third-order valence-electron chi connectivity index (χ3n) is 6.94. The Hall–Kier alpha value is -4.11.